The van der Waals surface area contributed by atoms with Crippen molar-refractivity contribution >= 4 is 6.09 Å². The predicted molar refractivity (Wildman–Crippen MR) is 32.3 cm³/mol. The zero-order chi connectivity index (χ0) is 7.28. The van der Waals surface area contributed by atoms with Crippen molar-refractivity contribution in [3.63, 3.8) is 0 Å². The molecule has 0 aromatic carbocycles. The number of hydrogen-bond donors (Lipinski definition) is 3. The lowest BCUT2D eigenvalue weighted by atomic mass is 10.7. The maximum absolute atomic E-state index is 10.3. The van der Waals surface area contributed by atoms with Gasteiger partial charge in [0.2, 0.25) is 0 Å². The van der Waals surface area contributed by atoms with E-state index in [0.717, 1.165) is 0 Å². The molecule has 0 saturated heterocycles. The molecule has 5 heteroatoms. The van der Waals surface area contributed by atoms with Crippen LogP contribution in [0.3, 0.4) is 0 Å². The third kappa shape index (κ3) is 3.75. The highest BCUT2D eigenvalue weighted by molar-refractivity contribution is 5.66. The molecule has 1 atom stereocenters. The molecule has 0 rings (SSSR count). The predicted octanol–water partition coefficient (Wildman–Crippen LogP) is -0.848. The molecule has 0 saturated carbocycles. The van der Waals surface area contributed by atoms with Crippen LogP contribution in [-0.2, 0) is 4.74 Å². The molecule has 0 aromatic rings. The molecule has 1 amide bonds. The highest BCUT2D eigenvalue weighted by atomic mass is 16.6. The van der Waals surface area contributed by atoms with Crippen LogP contribution in [0.15, 0.2) is 0 Å². The molecule has 0 aliphatic rings. The summed E-state index contributed by atoms with van der Waals surface area (Å²) in [5.74, 6) is 4.72. The minimum absolute atomic E-state index is 0.312. The number of hydrazine groups is 1. The van der Waals surface area contributed by atoms with E-state index < -0.39 is 6.09 Å². The highest BCUT2D eigenvalue weighted by Crippen LogP contribution is 1.82. The summed E-state index contributed by atoms with van der Waals surface area (Å²) in [5, 5.41) is 2.69. The van der Waals surface area contributed by atoms with Gasteiger partial charge < -0.3 is 4.74 Å². The molecule has 54 valence electrons. The quantitative estimate of drug-likeness (QED) is 0.198. The monoisotopic (exact) mass is 133 g/mol. The van der Waals surface area contributed by atoms with Gasteiger partial charge in [-0.2, -0.15) is 0 Å². The number of carbonyl (C=O) groups is 1. The molecule has 0 radical (unpaired) electrons. The van der Waals surface area contributed by atoms with Gasteiger partial charge in [0.1, 0.15) is 0 Å². The number of rotatable bonds is 2. The van der Waals surface area contributed by atoms with Gasteiger partial charge in [0.25, 0.3) is 0 Å². The number of carbonyl (C=O) groups excluding carboxylic acids is 1. The van der Waals surface area contributed by atoms with Crippen molar-refractivity contribution < 1.29 is 9.53 Å². The van der Waals surface area contributed by atoms with Gasteiger partial charge in [-0.25, -0.2) is 10.6 Å². The van der Waals surface area contributed by atoms with Gasteiger partial charge in [0, 0.05) is 0 Å². The summed E-state index contributed by atoms with van der Waals surface area (Å²) in [6.45, 7) is 1.69. The topological polar surface area (TPSA) is 76.4 Å². The Hall–Kier alpha value is -0.810. The first-order valence-corrected chi connectivity index (χ1v) is 2.55. The van der Waals surface area contributed by atoms with E-state index in [1.807, 2.05) is 5.43 Å². The lowest BCUT2D eigenvalue weighted by molar-refractivity contribution is 0.0933. The number of amides is 1. The first-order chi connectivity index (χ1) is 4.20. The van der Waals surface area contributed by atoms with Crippen molar-refractivity contribution in [3.05, 3.63) is 0 Å². The molecule has 0 bridgehead atoms. The molecular formula is C4H11N3O2. The Kier molecular flexibility index (Phi) is 3.74. The van der Waals surface area contributed by atoms with Gasteiger partial charge in [-0.15, -0.1) is 0 Å². The Morgan fingerprint density at radius 1 is 1.78 bits per heavy atom. The number of nitrogens with one attached hydrogen (secondary N) is 2. The summed E-state index contributed by atoms with van der Waals surface area (Å²) >= 11 is 0. The molecule has 5 nitrogen and oxygen atoms in total. The van der Waals surface area contributed by atoms with Gasteiger partial charge >= 0.3 is 6.09 Å². The second kappa shape index (κ2) is 4.11. The van der Waals surface area contributed by atoms with E-state index in [1.165, 1.54) is 0 Å². The smallest absolute Gasteiger partial charge is 0.422 e. The first-order valence-electron chi connectivity index (χ1n) is 2.55. The summed E-state index contributed by atoms with van der Waals surface area (Å²) in [6, 6.07) is 0. The first kappa shape index (κ1) is 8.19. The fraction of sp³-hybridized carbons (Fsp3) is 0.750. The third-order valence-electron chi connectivity index (χ3n) is 0.808. The van der Waals surface area contributed by atoms with Crippen LogP contribution >= 0.6 is 0 Å². The molecule has 4 N–H and O–H groups in total. The highest BCUT2D eigenvalue weighted by Gasteiger charge is 2.02. The fourth-order valence-electron chi connectivity index (χ4n) is 0.254. The average Bonchev–Trinajstić information content (AvgIpc) is 1.87. The third-order valence-corrected chi connectivity index (χ3v) is 0.808. The Morgan fingerprint density at radius 2 is 2.33 bits per heavy atom. The van der Waals surface area contributed by atoms with Crippen molar-refractivity contribution in [2.45, 2.75) is 13.2 Å². The van der Waals surface area contributed by atoms with Gasteiger partial charge in [0.15, 0.2) is 6.23 Å². The molecule has 0 aliphatic carbocycles. The van der Waals surface area contributed by atoms with Crippen LogP contribution in [0.25, 0.3) is 0 Å². The average molecular weight is 133 g/mol. The maximum atomic E-state index is 10.3. The molecule has 0 heterocycles. The molecule has 9 heavy (non-hydrogen) atoms. The molecule has 0 aliphatic heterocycles. The second-order valence-corrected chi connectivity index (χ2v) is 1.48. The minimum atomic E-state index is -0.642. The lowest BCUT2D eigenvalue weighted by Gasteiger charge is -2.09. The lowest BCUT2D eigenvalue weighted by Crippen LogP contribution is -2.37. The van der Waals surface area contributed by atoms with Crippen LogP contribution in [-0.4, -0.2) is 19.4 Å². The molecule has 0 fully saturated rings. The van der Waals surface area contributed by atoms with E-state index in [4.69, 9.17) is 5.84 Å². The summed E-state index contributed by atoms with van der Waals surface area (Å²) in [4.78, 5) is 10.3. The second-order valence-electron chi connectivity index (χ2n) is 1.48. The summed E-state index contributed by atoms with van der Waals surface area (Å²) in [6.07, 6.45) is -0.953. The van der Waals surface area contributed by atoms with Crippen molar-refractivity contribution in [2.75, 3.05) is 7.05 Å². The number of hydrogen-bond acceptors (Lipinski definition) is 4. The van der Waals surface area contributed by atoms with Crippen molar-refractivity contribution in [1.82, 2.24) is 10.7 Å². The van der Waals surface area contributed by atoms with Crippen LogP contribution < -0.4 is 16.6 Å². The Balaban J connectivity index is 3.34. The van der Waals surface area contributed by atoms with E-state index in [-0.39, 0.29) is 6.23 Å². The van der Waals surface area contributed by atoms with Crippen molar-refractivity contribution in [3.8, 4) is 0 Å². The summed E-state index contributed by atoms with van der Waals surface area (Å²) < 4.78 is 4.56. The SMILES string of the molecule is CNC(C)OC(=O)NN. The zero-order valence-electron chi connectivity index (χ0n) is 5.47. The van der Waals surface area contributed by atoms with E-state index in [2.05, 4.69) is 10.1 Å². The van der Waals surface area contributed by atoms with Crippen LogP contribution in [0.5, 0.6) is 0 Å². The van der Waals surface area contributed by atoms with Gasteiger partial charge in [-0.05, 0) is 14.0 Å². The zero-order valence-corrected chi connectivity index (χ0v) is 5.47. The van der Waals surface area contributed by atoms with Crippen LogP contribution in [0.2, 0.25) is 0 Å². The standard InChI is InChI=1S/C4H11N3O2/c1-3(6-2)9-4(8)7-5/h3,6H,5H2,1-2H3,(H,7,8). The van der Waals surface area contributed by atoms with E-state index in [1.54, 1.807) is 14.0 Å². The van der Waals surface area contributed by atoms with Crippen LogP contribution in [0, 0.1) is 0 Å². The molecule has 1 unspecified atom stereocenters. The van der Waals surface area contributed by atoms with Crippen molar-refractivity contribution in [2.24, 2.45) is 5.84 Å². The minimum Gasteiger partial charge on any atom is -0.430 e. The molecule has 0 spiro atoms. The van der Waals surface area contributed by atoms with E-state index >= 15 is 0 Å². The normalized spacial score (nSPS) is 12.3. The van der Waals surface area contributed by atoms with Crippen LogP contribution in [0.4, 0.5) is 4.79 Å². The fourth-order valence-corrected chi connectivity index (χ4v) is 0.254. The van der Waals surface area contributed by atoms with Crippen LogP contribution in [0.1, 0.15) is 6.92 Å². The van der Waals surface area contributed by atoms with E-state index in [9.17, 15) is 4.79 Å². The van der Waals surface area contributed by atoms with Crippen molar-refractivity contribution in [1.29, 1.82) is 0 Å². The number of nitrogens with two attached hydrogens (primary N) is 1. The largest absolute Gasteiger partial charge is 0.430 e. The Morgan fingerprint density at radius 3 is 2.67 bits per heavy atom. The maximum Gasteiger partial charge on any atom is 0.422 e. The summed E-state index contributed by atoms with van der Waals surface area (Å²) in [5.41, 5.74) is 1.83. The van der Waals surface area contributed by atoms with Gasteiger partial charge in [-0.1, -0.05) is 0 Å². The van der Waals surface area contributed by atoms with Gasteiger partial charge in [0.05, 0.1) is 0 Å². The molecular weight excluding hydrogens is 122 g/mol. The number of ether oxygens (including phenoxy) is 1. The Labute approximate surface area is 53.5 Å². The molecule has 0 aromatic heterocycles. The summed E-state index contributed by atoms with van der Waals surface area (Å²) in [7, 11) is 1.68. The Bertz CT molecular complexity index is 95.8. The van der Waals surface area contributed by atoms with Gasteiger partial charge in [-0.3, -0.25) is 10.7 Å². The van der Waals surface area contributed by atoms with E-state index in [0.29, 0.717) is 0 Å².